The number of rotatable bonds is 8. The maximum absolute atomic E-state index is 10.2. The average molecular weight is 457 g/mol. The van der Waals surface area contributed by atoms with E-state index in [1.165, 1.54) is 0 Å². The van der Waals surface area contributed by atoms with E-state index in [2.05, 4.69) is 23.2 Å². The number of aromatic hydroxyl groups is 1. The third kappa shape index (κ3) is 13.8. The summed E-state index contributed by atoms with van der Waals surface area (Å²) in [5.74, 6) is 0.861. The molecule has 1 aromatic carbocycles. The van der Waals surface area contributed by atoms with Crippen LogP contribution in [-0.4, -0.2) is 54.0 Å². The number of aliphatic hydroxyl groups excluding tert-OH is 1. The van der Waals surface area contributed by atoms with E-state index >= 15 is 0 Å². The van der Waals surface area contributed by atoms with Crippen LogP contribution in [0.3, 0.4) is 0 Å². The third-order valence-corrected chi connectivity index (χ3v) is 4.07. The standard InChI is InChI=1S/C15H20N2O3.C5H10OS.C2H6.CH4O/c1-16-17-13-6-4-5-11-9-12(10-14(19)15(11)13)20-8-3-2-7-18;1-5(2,7)3-4-6;2*1-2/h7,9-10,16,19H,2-6,8H2,1H3;4,7H,3H2,1-2H3;1-2H3;2H,1H3/b17-13+;;;. The number of carbonyl (C=O) groups excluding carboxylic acids is 2. The first kappa shape index (κ1) is 31.1. The van der Waals surface area contributed by atoms with E-state index in [0.29, 0.717) is 31.6 Å². The van der Waals surface area contributed by atoms with Crippen LogP contribution in [0, 0.1) is 0 Å². The zero-order valence-electron chi connectivity index (χ0n) is 19.8. The van der Waals surface area contributed by atoms with Crippen LogP contribution in [0.2, 0.25) is 0 Å². The lowest BCUT2D eigenvalue weighted by atomic mass is 9.89. The number of unbranched alkanes of at least 4 members (excludes halogenated alkanes) is 1. The van der Waals surface area contributed by atoms with Crippen LogP contribution < -0.4 is 10.2 Å². The molecular weight excluding hydrogens is 416 g/mol. The first-order valence-corrected chi connectivity index (χ1v) is 11.0. The van der Waals surface area contributed by atoms with E-state index in [1.54, 1.807) is 13.1 Å². The molecule has 31 heavy (non-hydrogen) atoms. The average Bonchev–Trinajstić information content (AvgIpc) is 2.74. The molecule has 0 fully saturated rings. The summed E-state index contributed by atoms with van der Waals surface area (Å²) in [6.07, 6.45) is 6.26. The van der Waals surface area contributed by atoms with Crippen molar-refractivity contribution >= 4 is 30.9 Å². The van der Waals surface area contributed by atoms with Gasteiger partial charge >= 0.3 is 0 Å². The molecule has 1 aliphatic rings. The molecule has 2 rings (SSSR count). The monoisotopic (exact) mass is 456 g/mol. The van der Waals surface area contributed by atoms with Crippen LogP contribution in [0.4, 0.5) is 0 Å². The summed E-state index contributed by atoms with van der Waals surface area (Å²) in [7, 11) is 2.75. The summed E-state index contributed by atoms with van der Waals surface area (Å²) >= 11 is 4.10. The van der Waals surface area contributed by atoms with Crippen LogP contribution in [0.25, 0.3) is 0 Å². The van der Waals surface area contributed by atoms with Gasteiger partial charge in [0, 0.05) is 43.4 Å². The number of ether oxygens (including phenoxy) is 1. The Kier molecular flexibility index (Phi) is 18.8. The van der Waals surface area contributed by atoms with Crippen LogP contribution in [0.5, 0.6) is 11.5 Å². The molecule has 0 amide bonds. The van der Waals surface area contributed by atoms with Gasteiger partial charge in [0.2, 0.25) is 0 Å². The molecule has 0 heterocycles. The van der Waals surface area contributed by atoms with E-state index in [4.69, 9.17) is 9.84 Å². The Morgan fingerprint density at radius 3 is 2.32 bits per heavy atom. The molecule has 0 spiro atoms. The largest absolute Gasteiger partial charge is 0.507 e. The topological polar surface area (TPSA) is 108 Å². The fraction of sp³-hybridized carbons (Fsp3) is 0.609. The summed E-state index contributed by atoms with van der Waals surface area (Å²) in [6, 6.07) is 3.58. The number of aryl methyl sites for hydroxylation is 1. The number of aliphatic hydroxyl groups is 1. The van der Waals surface area contributed by atoms with Crippen LogP contribution in [-0.2, 0) is 16.0 Å². The molecule has 0 aliphatic heterocycles. The predicted octanol–water partition coefficient (Wildman–Crippen LogP) is 3.93. The Balaban J connectivity index is 0. The molecule has 0 bridgehead atoms. The second kappa shape index (κ2) is 18.7. The van der Waals surface area contributed by atoms with Gasteiger partial charge in [-0.1, -0.05) is 27.7 Å². The minimum atomic E-state index is -0.123. The van der Waals surface area contributed by atoms with Crippen molar-refractivity contribution in [3.05, 3.63) is 23.3 Å². The molecule has 178 valence electrons. The molecule has 0 aromatic heterocycles. The van der Waals surface area contributed by atoms with Crippen LogP contribution >= 0.6 is 12.6 Å². The Morgan fingerprint density at radius 2 is 1.84 bits per heavy atom. The second-order valence-electron chi connectivity index (χ2n) is 6.95. The molecule has 7 nitrogen and oxygen atoms in total. The fourth-order valence-electron chi connectivity index (χ4n) is 2.65. The molecule has 8 heteroatoms. The molecule has 0 saturated carbocycles. The van der Waals surface area contributed by atoms with Crippen molar-refractivity contribution in [2.75, 3.05) is 20.8 Å². The van der Waals surface area contributed by atoms with Gasteiger partial charge in [-0.25, -0.2) is 0 Å². The highest BCUT2D eigenvalue weighted by Crippen LogP contribution is 2.33. The Hall–Kier alpha value is -2.06. The highest BCUT2D eigenvalue weighted by atomic mass is 32.1. The van der Waals surface area contributed by atoms with E-state index in [9.17, 15) is 14.7 Å². The first-order chi connectivity index (χ1) is 14.8. The predicted molar refractivity (Wildman–Crippen MR) is 131 cm³/mol. The third-order valence-electron chi connectivity index (χ3n) is 3.89. The lowest BCUT2D eigenvalue weighted by Gasteiger charge is -2.20. The van der Waals surface area contributed by atoms with Crippen LogP contribution in [0.1, 0.15) is 70.9 Å². The van der Waals surface area contributed by atoms with Crippen molar-refractivity contribution in [3.63, 3.8) is 0 Å². The van der Waals surface area contributed by atoms with Crippen molar-refractivity contribution in [1.82, 2.24) is 5.43 Å². The number of nitrogens with zero attached hydrogens (tertiary/aromatic N) is 1. The summed E-state index contributed by atoms with van der Waals surface area (Å²) in [4.78, 5) is 20.0. The number of hydrazone groups is 1. The smallest absolute Gasteiger partial charge is 0.128 e. The van der Waals surface area contributed by atoms with Gasteiger partial charge in [-0.3, -0.25) is 0 Å². The molecule has 0 saturated heterocycles. The molecule has 0 unspecified atom stereocenters. The summed E-state index contributed by atoms with van der Waals surface area (Å²) in [5.41, 5.74) is 5.56. The molecular formula is C23H40N2O5S. The van der Waals surface area contributed by atoms with Gasteiger partial charge in [0.15, 0.2) is 0 Å². The van der Waals surface area contributed by atoms with Gasteiger partial charge in [-0.15, -0.1) is 0 Å². The van der Waals surface area contributed by atoms with Crippen molar-refractivity contribution in [2.45, 2.75) is 71.0 Å². The van der Waals surface area contributed by atoms with Crippen molar-refractivity contribution in [3.8, 4) is 11.5 Å². The zero-order valence-corrected chi connectivity index (χ0v) is 20.7. The Bertz CT molecular complexity index is 658. The Labute approximate surface area is 192 Å². The number of aldehydes is 2. The highest BCUT2D eigenvalue weighted by Gasteiger charge is 2.20. The minimum Gasteiger partial charge on any atom is -0.507 e. The number of fused-ring (bicyclic) bond motifs is 1. The van der Waals surface area contributed by atoms with Gasteiger partial charge in [0.05, 0.1) is 12.3 Å². The molecule has 1 aliphatic carbocycles. The number of hydrogen-bond donors (Lipinski definition) is 4. The van der Waals surface area contributed by atoms with E-state index < -0.39 is 0 Å². The molecule has 3 N–H and O–H groups in total. The number of thiol groups is 1. The number of hydrogen-bond acceptors (Lipinski definition) is 8. The van der Waals surface area contributed by atoms with Gasteiger partial charge in [-0.2, -0.15) is 17.7 Å². The van der Waals surface area contributed by atoms with Gasteiger partial charge < -0.3 is 30.0 Å². The number of phenolic OH excluding ortho intramolecular Hbond substituents is 1. The molecule has 0 radical (unpaired) electrons. The van der Waals surface area contributed by atoms with E-state index in [0.717, 1.165) is 55.8 Å². The second-order valence-corrected chi connectivity index (χ2v) is 8.16. The van der Waals surface area contributed by atoms with Gasteiger partial charge in [0.1, 0.15) is 24.1 Å². The number of nitrogens with one attached hydrogen (secondary N) is 1. The first-order valence-electron chi connectivity index (χ1n) is 10.6. The van der Waals surface area contributed by atoms with Crippen molar-refractivity contribution in [1.29, 1.82) is 0 Å². The summed E-state index contributed by atoms with van der Waals surface area (Å²) in [5, 5.41) is 21.4. The maximum atomic E-state index is 10.2. The number of benzene rings is 1. The van der Waals surface area contributed by atoms with Gasteiger partial charge in [0.25, 0.3) is 0 Å². The van der Waals surface area contributed by atoms with Crippen LogP contribution in [0.15, 0.2) is 17.2 Å². The summed E-state index contributed by atoms with van der Waals surface area (Å²) < 4.78 is 5.45. The normalized spacial score (nSPS) is 13.1. The minimum absolute atomic E-state index is 0.123. The molecule has 1 aromatic rings. The number of carbonyl (C=O) groups is 2. The number of phenols is 1. The maximum Gasteiger partial charge on any atom is 0.128 e. The highest BCUT2D eigenvalue weighted by molar-refractivity contribution is 7.81. The van der Waals surface area contributed by atoms with E-state index in [-0.39, 0.29) is 10.5 Å². The molecule has 0 atom stereocenters. The quantitative estimate of drug-likeness (QED) is 0.204. The zero-order chi connectivity index (χ0) is 24.3. The fourth-order valence-corrected chi connectivity index (χ4v) is 2.72. The van der Waals surface area contributed by atoms with Crippen molar-refractivity contribution in [2.24, 2.45) is 5.10 Å². The summed E-state index contributed by atoms with van der Waals surface area (Å²) in [6.45, 7) is 8.30. The lowest BCUT2D eigenvalue weighted by molar-refractivity contribution is -0.108. The van der Waals surface area contributed by atoms with E-state index in [1.807, 2.05) is 33.8 Å². The van der Waals surface area contributed by atoms with Crippen molar-refractivity contribution < 1.29 is 24.5 Å². The lowest BCUT2D eigenvalue weighted by Crippen LogP contribution is -2.15. The SMILES string of the molecule is CC.CC(C)(S)CC=O.CN/N=C1\CCCc2cc(OCCCC=O)cc(O)c21.CO. The Morgan fingerprint density at radius 1 is 1.19 bits per heavy atom. The van der Waals surface area contributed by atoms with Gasteiger partial charge in [-0.05, 0) is 37.3 Å².